The zero-order valence-corrected chi connectivity index (χ0v) is 14.4. The van der Waals surface area contributed by atoms with Gasteiger partial charge in [0.2, 0.25) is 0 Å². The summed E-state index contributed by atoms with van der Waals surface area (Å²) in [6, 6.07) is 15.1. The van der Waals surface area contributed by atoms with Crippen LogP contribution in [0.4, 0.5) is 8.78 Å². The lowest BCUT2D eigenvalue weighted by atomic mass is 10.1. The normalized spacial score (nSPS) is 11.5. The zero-order valence-electron chi connectivity index (χ0n) is 14.4. The second-order valence-electron chi connectivity index (χ2n) is 5.57. The first-order valence-electron chi connectivity index (χ1n) is 8.11. The number of aliphatic imine (C=N–C) groups is 1. The van der Waals surface area contributed by atoms with E-state index in [1.54, 1.807) is 25.2 Å². The van der Waals surface area contributed by atoms with Crippen molar-refractivity contribution in [3.63, 3.8) is 0 Å². The summed E-state index contributed by atoms with van der Waals surface area (Å²) in [7, 11) is 1.67. The molecule has 25 heavy (non-hydrogen) atoms. The molecule has 0 aromatic heterocycles. The third-order valence-electron chi connectivity index (χ3n) is 3.69. The third-order valence-corrected chi connectivity index (χ3v) is 3.69. The summed E-state index contributed by atoms with van der Waals surface area (Å²) in [5.41, 5.74) is 3.12. The average Bonchev–Trinajstić information content (AvgIpc) is 2.60. The fourth-order valence-electron chi connectivity index (χ4n) is 2.34. The Hall–Kier alpha value is -2.63. The second-order valence-corrected chi connectivity index (χ2v) is 5.57. The van der Waals surface area contributed by atoms with Gasteiger partial charge in [0.25, 0.3) is 0 Å². The molecule has 0 saturated heterocycles. The first-order chi connectivity index (χ1) is 12.1. The van der Waals surface area contributed by atoms with E-state index >= 15 is 0 Å². The van der Waals surface area contributed by atoms with Crippen molar-refractivity contribution in [1.82, 2.24) is 10.6 Å². The predicted molar refractivity (Wildman–Crippen MR) is 96.2 cm³/mol. The summed E-state index contributed by atoms with van der Waals surface area (Å²) < 4.78 is 29.4. The number of hydrogen-bond acceptors (Lipinski definition) is 2. The number of benzene rings is 2. The average molecular weight is 347 g/mol. The fraction of sp³-hybridized carbons (Fsp3) is 0.316. The highest BCUT2D eigenvalue weighted by atomic mass is 19.3. The molecule has 0 saturated carbocycles. The van der Waals surface area contributed by atoms with Gasteiger partial charge in [-0.05, 0) is 25.0 Å². The van der Waals surface area contributed by atoms with Crippen LogP contribution in [-0.2, 0) is 13.0 Å². The van der Waals surface area contributed by atoms with Crippen LogP contribution < -0.4 is 15.4 Å². The molecule has 4 nitrogen and oxygen atoms in total. The number of hydrogen-bond donors (Lipinski definition) is 2. The van der Waals surface area contributed by atoms with Gasteiger partial charge in [-0.25, -0.2) is 0 Å². The van der Waals surface area contributed by atoms with Crippen LogP contribution in [0.2, 0.25) is 0 Å². The standard InChI is InChI=1S/C19H23F2N3O/c1-14-7-9-15(10-8-14)11-12-23-19(22-2)24-13-16-5-3-4-6-17(16)25-18(20)21/h3-10,18H,11-13H2,1-2H3,(H2,22,23,24). The van der Waals surface area contributed by atoms with E-state index in [9.17, 15) is 8.78 Å². The molecule has 0 bridgehead atoms. The van der Waals surface area contributed by atoms with E-state index in [0.29, 0.717) is 18.1 Å². The van der Waals surface area contributed by atoms with Gasteiger partial charge in [-0.3, -0.25) is 4.99 Å². The highest BCUT2D eigenvalue weighted by Crippen LogP contribution is 2.19. The summed E-state index contributed by atoms with van der Waals surface area (Å²) >= 11 is 0. The Morgan fingerprint density at radius 2 is 1.80 bits per heavy atom. The Kier molecular flexibility index (Phi) is 7.19. The van der Waals surface area contributed by atoms with Crippen molar-refractivity contribution in [2.24, 2.45) is 4.99 Å². The number of nitrogens with zero attached hydrogens (tertiary/aromatic N) is 1. The number of nitrogens with one attached hydrogen (secondary N) is 2. The number of aryl methyl sites for hydroxylation is 1. The molecule has 0 fully saturated rings. The Morgan fingerprint density at radius 1 is 1.08 bits per heavy atom. The number of alkyl halides is 2. The number of para-hydroxylation sites is 1. The minimum Gasteiger partial charge on any atom is -0.434 e. The first-order valence-corrected chi connectivity index (χ1v) is 8.11. The van der Waals surface area contributed by atoms with Crippen LogP contribution >= 0.6 is 0 Å². The molecule has 0 heterocycles. The fourth-order valence-corrected chi connectivity index (χ4v) is 2.34. The molecule has 6 heteroatoms. The van der Waals surface area contributed by atoms with Gasteiger partial charge in [-0.15, -0.1) is 0 Å². The van der Waals surface area contributed by atoms with E-state index < -0.39 is 6.61 Å². The molecule has 0 spiro atoms. The van der Waals surface area contributed by atoms with Crippen LogP contribution in [0, 0.1) is 6.92 Å². The highest BCUT2D eigenvalue weighted by molar-refractivity contribution is 5.79. The SMILES string of the molecule is CN=C(NCCc1ccc(C)cc1)NCc1ccccc1OC(F)F. The van der Waals surface area contributed by atoms with Crippen LogP contribution in [0.5, 0.6) is 5.75 Å². The molecule has 0 aliphatic carbocycles. The van der Waals surface area contributed by atoms with E-state index in [2.05, 4.69) is 51.6 Å². The molecule has 0 aliphatic rings. The summed E-state index contributed by atoms with van der Waals surface area (Å²) in [4.78, 5) is 4.14. The van der Waals surface area contributed by atoms with Gasteiger partial charge >= 0.3 is 6.61 Å². The van der Waals surface area contributed by atoms with Crippen LogP contribution in [-0.4, -0.2) is 26.2 Å². The van der Waals surface area contributed by atoms with E-state index in [1.165, 1.54) is 17.2 Å². The minimum absolute atomic E-state index is 0.167. The lowest BCUT2D eigenvalue weighted by Gasteiger charge is -2.14. The van der Waals surface area contributed by atoms with Gasteiger partial charge in [-0.1, -0.05) is 48.0 Å². The third kappa shape index (κ3) is 6.41. The lowest BCUT2D eigenvalue weighted by molar-refractivity contribution is -0.0504. The number of guanidine groups is 1. The molecule has 134 valence electrons. The van der Waals surface area contributed by atoms with Gasteiger partial charge < -0.3 is 15.4 Å². The second kappa shape index (κ2) is 9.61. The van der Waals surface area contributed by atoms with Crippen molar-refractivity contribution in [2.75, 3.05) is 13.6 Å². The first kappa shape index (κ1) is 18.7. The molecule has 2 aromatic carbocycles. The molecule has 0 unspecified atom stereocenters. The van der Waals surface area contributed by atoms with Crippen molar-refractivity contribution < 1.29 is 13.5 Å². The molecule has 2 rings (SSSR count). The van der Waals surface area contributed by atoms with Crippen LogP contribution in [0.1, 0.15) is 16.7 Å². The highest BCUT2D eigenvalue weighted by Gasteiger charge is 2.09. The van der Waals surface area contributed by atoms with Gasteiger partial charge in [-0.2, -0.15) is 8.78 Å². The smallest absolute Gasteiger partial charge is 0.387 e. The Bertz CT molecular complexity index is 687. The largest absolute Gasteiger partial charge is 0.434 e. The minimum atomic E-state index is -2.84. The van der Waals surface area contributed by atoms with Crippen LogP contribution in [0.15, 0.2) is 53.5 Å². The molecular weight excluding hydrogens is 324 g/mol. The van der Waals surface area contributed by atoms with Crippen molar-refractivity contribution in [2.45, 2.75) is 26.5 Å². The topological polar surface area (TPSA) is 45.7 Å². The summed E-state index contributed by atoms with van der Waals surface area (Å²) in [5, 5.41) is 6.32. The zero-order chi connectivity index (χ0) is 18.1. The maximum atomic E-state index is 12.4. The molecule has 0 atom stereocenters. The molecular formula is C19H23F2N3O. The van der Waals surface area contributed by atoms with Crippen LogP contribution in [0.3, 0.4) is 0 Å². The van der Waals surface area contributed by atoms with Gasteiger partial charge in [0, 0.05) is 25.7 Å². The van der Waals surface area contributed by atoms with Crippen molar-refractivity contribution >= 4 is 5.96 Å². The number of ether oxygens (including phenoxy) is 1. The molecule has 2 N–H and O–H groups in total. The Balaban J connectivity index is 1.83. The molecule has 0 aliphatic heterocycles. The molecule has 0 amide bonds. The van der Waals surface area contributed by atoms with E-state index in [0.717, 1.165) is 13.0 Å². The Morgan fingerprint density at radius 3 is 2.48 bits per heavy atom. The van der Waals surface area contributed by atoms with Crippen molar-refractivity contribution in [1.29, 1.82) is 0 Å². The van der Waals surface area contributed by atoms with Crippen molar-refractivity contribution in [3.8, 4) is 5.75 Å². The van der Waals surface area contributed by atoms with E-state index in [1.807, 2.05) is 0 Å². The molecule has 2 aromatic rings. The van der Waals surface area contributed by atoms with E-state index in [4.69, 9.17) is 0 Å². The number of halogens is 2. The summed E-state index contributed by atoms with van der Waals surface area (Å²) in [6.45, 7) is 0.280. The van der Waals surface area contributed by atoms with E-state index in [-0.39, 0.29) is 5.75 Å². The van der Waals surface area contributed by atoms with Gasteiger partial charge in [0.1, 0.15) is 5.75 Å². The summed E-state index contributed by atoms with van der Waals surface area (Å²) in [6.07, 6.45) is 0.867. The van der Waals surface area contributed by atoms with Gasteiger partial charge in [0.15, 0.2) is 5.96 Å². The lowest BCUT2D eigenvalue weighted by Crippen LogP contribution is -2.37. The van der Waals surface area contributed by atoms with Gasteiger partial charge in [0.05, 0.1) is 0 Å². The quantitative estimate of drug-likeness (QED) is 0.595. The maximum absolute atomic E-state index is 12.4. The predicted octanol–water partition coefficient (Wildman–Crippen LogP) is 3.50. The maximum Gasteiger partial charge on any atom is 0.387 e. The Labute approximate surface area is 146 Å². The van der Waals surface area contributed by atoms with Crippen molar-refractivity contribution in [3.05, 3.63) is 65.2 Å². The number of rotatable bonds is 7. The summed E-state index contributed by atoms with van der Waals surface area (Å²) in [5.74, 6) is 0.777. The monoisotopic (exact) mass is 347 g/mol. The van der Waals surface area contributed by atoms with Crippen LogP contribution in [0.25, 0.3) is 0 Å². The molecule has 0 radical (unpaired) electrons.